The third kappa shape index (κ3) is 5.38. The van der Waals surface area contributed by atoms with Gasteiger partial charge in [-0.2, -0.15) is 0 Å². The second-order valence-electron chi connectivity index (χ2n) is 5.46. The predicted molar refractivity (Wildman–Crippen MR) is 68.7 cm³/mol. The Morgan fingerprint density at radius 3 is 2.35 bits per heavy atom. The number of nitrogens with zero attached hydrogens (tertiary/aromatic N) is 1. The highest BCUT2D eigenvalue weighted by atomic mass is 16.6. The lowest BCUT2D eigenvalue weighted by molar-refractivity contribution is 0.0936. The van der Waals surface area contributed by atoms with Gasteiger partial charge in [0.25, 0.3) is 0 Å². The summed E-state index contributed by atoms with van der Waals surface area (Å²) in [5.41, 5.74) is 1.09. The number of benzene rings is 1. The first-order chi connectivity index (χ1) is 7.88. The predicted octanol–water partition coefficient (Wildman–Crippen LogP) is 3.30. The zero-order chi connectivity index (χ0) is 12.9. The fourth-order valence-electron chi connectivity index (χ4n) is 1.61. The SMILES string of the molecule is CN(CC(C)(C)C)C(=O)OCc1ccccc1. The molecule has 1 aromatic carbocycles. The molecule has 0 saturated heterocycles. The van der Waals surface area contributed by atoms with Gasteiger partial charge in [-0.25, -0.2) is 4.79 Å². The van der Waals surface area contributed by atoms with Crippen LogP contribution in [0.2, 0.25) is 0 Å². The average Bonchev–Trinajstić information content (AvgIpc) is 2.25. The molecular formula is C14H21NO2. The van der Waals surface area contributed by atoms with E-state index in [4.69, 9.17) is 4.74 Å². The van der Waals surface area contributed by atoms with Gasteiger partial charge < -0.3 is 9.64 Å². The van der Waals surface area contributed by atoms with Gasteiger partial charge in [0.05, 0.1) is 0 Å². The van der Waals surface area contributed by atoms with E-state index in [0.717, 1.165) is 5.56 Å². The van der Waals surface area contributed by atoms with Crippen LogP contribution in [0, 0.1) is 5.41 Å². The second-order valence-corrected chi connectivity index (χ2v) is 5.46. The van der Waals surface area contributed by atoms with Crippen molar-refractivity contribution in [1.82, 2.24) is 4.90 Å². The average molecular weight is 235 g/mol. The number of rotatable bonds is 3. The smallest absolute Gasteiger partial charge is 0.409 e. The zero-order valence-corrected chi connectivity index (χ0v) is 11.1. The van der Waals surface area contributed by atoms with Gasteiger partial charge in [-0.15, -0.1) is 0 Å². The molecule has 0 spiro atoms. The van der Waals surface area contributed by atoms with Gasteiger partial charge >= 0.3 is 6.09 Å². The lowest BCUT2D eigenvalue weighted by Crippen LogP contribution is -2.34. The Morgan fingerprint density at radius 1 is 1.24 bits per heavy atom. The first-order valence-corrected chi connectivity index (χ1v) is 5.80. The number of hydrogen-bond donors (Lipinski definition) is 0. The molecule has 0 aliphatic carbocycles. The fourth-order valence-corrected chi connectivity index (χ4v) is 1.61. The van der Waals surface area contributed by atoms with Gasteiger partial charge in [-0.1, -0.05) is 51.1 Å². The highest BCUT2D eigenvalue weighted by Crippen LogP contribution is 2.14. The van der Waals surface area contributed by atoms with E-state index in [0.29, 0.717) is 13.2 Å². The van der Waals surface area contributed by atoms with E-state index < -0.39 is 0 Å². The van der Waals surface area contributed by atoms with Gasteiger partial charge in [0.1, 0.15) is 6.61 Å². The van der Waals surface area contributed by atoms with Gasteiger partial charge in [-0.3, -0.25) is 0 Å². The summed E-state index contributed by atoms with van der Waals surface area (Å²) < 4.78 is 5.22. The van der Waals surface area contributed by atoms with Crippen molar-refractivity contribution in [1.29, 1.82) is 0 Å². The summed E-state index contributed by atoms with van der Waals surface area (Å²) in [6.07, 6.45) is -0.274. The molecular weight excluding hydrogens is 214 g/mol. The molecule has 0 radical (unpaired) electrons. The maximum absolute atomic E-state index is 11.7. The van der Waals surface area contributed by atoms with Crippen LogP contribution in [0.4, 0.5) is 4.79 Å². The summed E-state index contributed by atoms with van der Waals surface area (Å²) in [6.45, 7) is 7.28. The van der Waals surface area contributed by atoms with Crippen LogP contribution in [0.1, 0.15) is 26.3 Å². The minimum Gasteiger partial charge on any atom is -0.445 e. The van der Waals surface area contributed by atoms with Gasteiger partial charge in [0.2, 0.25) is 0 Å². The van der Waals surface area contributed by atoms with E-state index in [1.165, 1.54) is 0 Å². The third-order valence-corrected chi connectivity index (χ3v) is 2.23. The molecule has 1 rings (SSSR count). The van der Waals surface area contributed by atoms with Crippen molar-refractivity contribution in [3.8, 4) is 0 Å². The highest BCUT2D eigenvalue weighted by Gasteiger charge is 2.18. The van der Waals surface area contributed by atoms with E-state index in [1.807, 2.05) is 30.3 Å². The van der Waals surface area contributed by atoms with Crippen LogP contribution >= 0.6 is 0 Å². The minimum absolute atomic E-state index is 0.0838. The van der Waals surface area contributed by atoms with E-state index in [2.05, 4.69) is 20.8 Å². The van der Waals surface area contributed by atoms with Crippen LogP contribution in [0.15, 0.2) is 30.3 Å². The fraction of sp³-hybridized carbons (Fsp3) is 0.500. The van der Waals surface area contributed by atoms with Gasteiger partial charge in [0.15, 0.2) is 0 Å². The zero-order valence-electron chi connectivity index (χ0n) is 11.1. The summed E-state index contributed by atoms with van der Waals surface area (Å²) >= 11 is 0. The molecule has 0 aliphatic heterocycles. The summed E-state index contributed by atoms with van der Waals surface area (Å²) in [6, 6.07) is 9.69. The van der Waals surface area contributed by atoms with Crippen molar-refractivity contribution < 1.29 is 9.53 Å². The number of carbonyl (C=O) groups excluding carboxylic acids is 1. The van der Waals surface area contributed by atoms with E-state index in [1.54, 1.807) is 11.9 Å². The summed E-state index contributed by atoms with van der Waals surface area (Å²) in [5.74, 6) is 0. The number of amides is 1. The van der Waals surface area contributed by atoms with Crippen LogP contribution in [-0.2, 0) is 11.3 Å². The molecule has 0 N–H and O–H groups in total. The Balaban J connectivity index is 2.40. The standard InChI is InChI=1S/C14H21NO2/c1-14(2,3)11-15(4)13(16)17-10-12-8-6-5-7-9-12/h5-9H,10-11H2,1-4H3. The maximum atomic E-state index is 11.7. The Morgan fingerprint density at radius 2 is 1.82 bits per heavy atom. The normalized spacial score (nSPS) is 11.1. The van der Waals surface area contributed by atoms with E-state index in [9.17, 15) is 4.79 Å². The van der Waals surface area contributed by atoms with Crippen LogP contribution in [0.25, 0.3) is 0 Å². The minimum atomic E-state index is -0.274. The van der Waals surface area contributed by atoms with Gasteiger partial charge in [-0.05, 0) is 11.0 Å². The lowest BCUT2D eigenvalue weighted by Gasteiger charge is -2.25. The molecule has 1 aromatic rings. The number of hydrogen-bond acceptors (Lipinski definition) is 2. The Hall–Kier alpha value is -1.51. The topological polar surface area (TPSA) is 29.5 Å². The third-order valence-electron chi connectivity index (χ3n) is 2.23. The molecule has 0 fully saturated rings. The largest absolute Gasteiger partial charge is 0.445 e. The monoisotopic (exact) mass is 235 g/mol. The molecule has 0 saturated carbocycles. The van der Waals surface area contributed by atoms with Crippen molar-refractivity contribution >= 4 is 6.09 Å². The molecule has 0 aromatic heterocycles. The van der Waals surface area contributed by atoms with Gasteiger partial charge in [0, 0.05) is 13.6 Å². The first-order valence-electron chi connectivity index (χ1n) is 5.80. The molecule has 17 heavy (non-hydrogen) atoms. The summed E-state index contributed by atoms with van der Waals surface area (Å²) in [7, 11) is 1.76. The molecule has 0 atom stereocenters. The summed E-state index contributed by atoms with van der Waals surface area (Å²) in [4.78, 5) is 13.3. The van der Waals surface area contributed by atoms with Crippen LogP contribution in [0.3, 0.4) is 0 Å². The molecule has 0 bridgehead atoms. The molecule has 3 nitrogen and oxygen atoms in total. The molecule has 0 heterocycles. The number of ether oxygens (including phenoxy) is 1. The van der Waals surface area contributed by atoms with Crippen LogP contribution in [0.5, 0.6) is 0 Å². The van der Waals surface area contributed by atoms with Crippen molar-refractivity contribution in [3.05, 3.63) is 35.9 Å². The van der Waals surface area contributed by atoms with Crippen molar-refractivity contribution in [3.63, 3.8) is 0 Å². The Bertz CT molecular complexity index is 354. The molecule has 0 aliphatic rings. The van der Waals surface area contributed by atoms with Crippen LogP contribution < -0.4 is 0 Å². The summed E-state index contributed by atoms with van der Waals surface area (Å²) in [5, 5.41) is 0. The van der Waals surface area contributed by atoms with E-state index >= 15 is 0 Å². The first kappa shape index (κ1) is 13.6. The maximum Gasteiger partial charge on any atom is 0.409 e. The van der Waals surface area contributed by atoms with Crippen LogP contribution in [-0.4, -0.2) is 24.6 Å². The quantitative estimate of drug-likeness (QED) is 0.804. The Kier molecular flexibility index (Phi) is 4.55. The van der Waals surface area contributed by atoms with Crippen molar-refractivity contribution in [2.75, 3.05) is 13.6 Å². The number of carbonyl (C=O) groups is 1. The molecule has 0 unspecified atom stereocenters. The molecule has 1 amide bonds. The lowest BCUT2D eigenvalue weighted by atomic mass is 9.96. The molecule has 94 valence electrons. The second kappa shape index (κ2) is 5.71. The van der Waals surface area contributed by atoms with E-state index in [-0.39, 0.29) is 11.5 Å². The van der Waals surface area contributed by atoms with Crippen molar-refractivity contribution in [2.24, 2.45) is 5.41 Å². The Labute approximate surface area is 103 Å². The highest BCUT2D eigenvalue weighted by molar-refractivity contribution is 5.67. The van der Waals surface area contributed by atoms with Crippen molar-refractivity contribution in [2.45, 2.75) is 27.4 Å². The molecule has 3 heteroatoms.